The van der Waals surface area contributed by atoms with E-state index in [1.54, 1.807) is 0 Å². The monoisotopic (exact) mass is 520 g/mol. The van der Waals surface area contributed by atoms with Gasteiger partial charge in [-0.1, -0.05) is 72.5 Å². The Morgan fingerprint density at radius 1 is 0.579 bits per heavy atom. The van der Waals surface area contributed by atoms with Crippen LogP contribution in [-0.2, 0) is 22.7 Å². The molecule has 1 aliphatic rings. The summed E-state index contributed by atoms with van der Waals surface area (Å²) in [5, 5.41) is 6.06. The van der Waals surface area contributed by atoms with Gasteiger partial charge in [0.05, 0.1) is 0 Å². The summed E-state index contributed by atoms with van der Waals surface area (Å²) >= 11 is 0. The number of hydrogen-bond acceptors (Lipinski definition) is 4. The lowest BCUT2D eigenvalue weighted by molar-refractivity contribution is -0.122. The average molecular weight is 521 g/mol. The number of amides is 2. The average Bonchev–Trinajstić information content (AvgIpc) is 2.93. The summed E-state index contributed by atoms with van der Waals surface area (Å²) < 4.78 is 0. The van der Waals surface area contributed by atoms with Crippen molar-refractivity contribution in [3.05, 3.63) is 70.8 Å². The van der Waals surface area contributed by atoms with E-state index in [-0.39, 0.29) is 11.8 Å². The van der Waals surface area contributed by atoms with E-state index in [0.29, 0.717) is 25.9 Å². The molecule has 6 heteroatoms. The third kappa shape index (κ3) is 12.2. The zero-order valence-corrected chi connectivity index (χ0v) is 23.6. The molecular weight excluding hydrogens is 472 g/mol. The zero-order chi connectivity index (χ0) is 27.0. The minimum absolute atomic E-state index is 0.155. The molecule has 0 aliphatic carbocycles. The quantitative estimate of drug-likeness (QED) is 0.307. The van der Waals surface area contributed by atoms with Crippen LogP contribution in [0, 0.1) is 13.8 Å². The maximum absolute atomic E-state index is 12.1. The number of benzene rings is 2. The topological polar surface area (TPSA) is 64.7 Å². The predicted octanol–water partition coefficient (Wildman–Crippen LogP) is 4.97. The van der Waals surface area contributed by atoms with E-state index >= 15 is 0 Å². The van der Waals surface area contributed by atoms with Crippen molar-refractivity contribution in [2.75, 3.05) is 39.3 Å². The first-order valence-corrected chi connectivity index (χ1v) is 14.6. The summed E-state index contributed by atoms with van der Waals surface area (Å²) in [5.74, 6) is 0.309. The van der Waals surface area contributed by atoms with Gasteiger partial charge in [0.1, 0.15) is 0 Å². The summed E-state index contributed by atoms with van der Waals surface area (Å²) in [6.45, 7) is 12.2. The zero-order valence-electron chi connectivity index (χ0n) is 23.6. The van der Waals surface area contributed by atoms with Crippen molar-refractivity contribution in [2.24, 2.45) is 0 Å². The molecular formula is C32H48N4O2. The van der Waals surface area contributed by atoms with E-state index in [4.69, 9.17) is 0 Å². The first kappa shape index (κ1) is 29.9. The Hall–Kier alpha value is -2.70. The summed E-state index contributed by atoms with van der Waals surface area (Å²) in [6, 6.07) is 16.6. The molecule has 0 spiro atoms. The van der Waals surface area contributed by atoms with E-state index in [0.717, 1.165) is 88.9 Å². The Morgan fingerprint density at radius 2 is 0.947 bits per heavy atom. The first-order valence-electron chi connectivity index (χ1n) is 14.6. The van der Waals surface area contributed by atoms with Crippen LogP contribution in [0.3, 0.4) is 0 Å². The Balaban J connectivity index is 1.12. The van der Waals surface area contributed by atoms with E-state index in [1.165, 1.54) is 11.1 Å². The van der Waals surface area contributed by atoms with Crippen molar-refractivity contribution in [3.63, 3.8) is 0 Å². The van der Waals surface area contributed by atoms with Crippen molar-refractivity contribution in [3.8, 4) is 0 Å². The molecule has 1 fully saturated rings. The van der Waals surface area contributed by atoms with Gasteiger partial charge in [-0.25, -0.2) is 0 Å². The maximum atomic E-state index is 12.1. The van der Waals surface area contributed by atoms with Gasteiger partial charge in [0, 0.05) is 52.1 Å². The van der Waals surface area contributed by atoms with E-state index in [9.17, 15) is 9.59 Å². The molecule has 6 nitrogen and oxygen atoms in total. The van der Waals surface area contributed by atoms with E-state index in [1.807, 2.05) is 0 Å². The van der Waals surface area contributed by atoms with Crippen molar-refractivity contribution in [2.45, 2.75) is 78.3 Å². The van der Waals surface area contributed by atoms with Gasteiger partial charge in [0.15, 0.2) is 0 Å². The Morgan fingerprint density at radius 3 is 1.32 bits per heavy atom. The summed E-state index contributed by atoms with van der Waals surface area (Å²) in [5.41, 5.74) is 4.79. The van der Waals surface area contributed by atoms with Crippen molar-refractivity contribution in [1.29, 1.82) is 0 Å². The van der Waals surface area contributed by atoms with Crippen LogP contribution in [0.5, 0.6) is 0 Å². The third-order valence-corrected chi connectivity index (χ3v) is 7.44. The fourth-order valence-electron chi connectivity index (χ4n) is 4.82. The lowest BCUT2D eigenvalue weighted by atomic mass is 10.1. The molecule has 208 valence electrons. The number of rotatable bonds is 16. The number of nitrogens with zero attached hydrogens (tertiary/aromatic N) is 2. The number of nitrogens with one attached hydrogen (secondary N) is 2. The molecule has 0 aromatic heterocycles. The number of hydrogen-bond donors (Lipinski definition) is 2. The molecule has 0 atom stereocenters. The molecule has 1 heterocycles. The van der Waals surface area contributed by atoms with Crippen LogP contribution in [-0.4, -0.2) is 60.9 Å². The standard InChI is InChI=1S/C32H48N4O2/c1-27-11-15-29(16-12-27)25-33-31(37)9-5-3-7-19-35-21-23-36(24-22-35)20-8-4-6-10-32(38)34-26-30-17-13-28(2)14-18-30/h11-18H,3-10,19-26H2,1-2H3,(H,33,37)(H,34,38). The van der Waals surface area contributed by atoms with Crippen molar-refractivity contribution in [1.82, 2.24) is 20.4 Å². The largest absolute Gasteiger partial charge is 0.352 e. The van der Waals surface area contributed by atoms with Crippen molar-refractivity contribution >= 4 is 11.8 Å². The van der Waals surface area contributed by atoms with Crippen LogP contribution in [0.25, 0.3) is 0 Å². The number of aryl methyl sites for hydroxylation is 2. The fourth-order valence-corrected chi connectivity index (χ4v) is 4.82. The van der Waals surface area contributed by atoms with Gasteiger partial charge in [0.2, 0.25) is 11.8 Å². The summed E-state index contributed by atoms with van der Waals surface area (Å²) in [7, 11) is 0. The van der Waals surface area contributed by atoms with Gasteiger partial charge in [-0.05, 0) is 63.7 Å². The highest BCUT2D eigenvalue weighted by molar-refractivity contribution is 5.76. The highest BCUT2D eigenvalue weighted by atomic mass is 16.2. The highest BCUT2D eigenvalue weighted by Gasteiger charge is 2.16. The summed E-state index contributed by atoms with van der Waals surface area (Å²) in [6.07, 6.45) is 7.71. The second-order valence-electron chi connectivity index (χ2n) is 10.8. The summed E-state index contributed by atoms with van der Waals surface area (Å²) in [4.78, 5) is 29.3. The van der Waals surface area contributed by atoms with Crippen LogP contribution in [0.2, 0.25) is 0 Å². The Bertz CT molecular complexity index is 871. The molecule has 2 aromatic rings. The van der Waals surface area contributed by atoms with Gasteiger partial charge in [-0.3, -0.25) is 9.59 Å². The van der Waals surface area contributed by atoms with Crippen molar-refractivity contribution < 1.29 is 9.59 Å². The van der Waals surface area contributed by atoms with E-state index < -0.39 is 0 Å². The Labute approximate surface area is 230 Å². The van der Waals surface area contributed by atoms with Crippen LogP contribution < -0.4 is 10.6 Å². The smallest absolute Gasteiger partial charge is 0.220 e. The normalized spacial score (nSPS) is 14.4. The molecule has 2 amide bonds. The van der Waals surface area contributed by atoms with E-state index in [2.05, 4.69) is 82.8 Å². The van der Waals surface area contributed by atoms with Crippen LogP contribution in [0.4, 0.5) is 0 Å². The first-order chi connectivity index (χ1) is 18.5. The van der Waals surface area contributed by atoms with Gasteiger partial charge in [-0.15, -0.1) is 0 Å². The third-order valence-electron chi connectivity index (χ3n) is 7.44. The molecule has 2 aromatic carbocycles. The van der Waals surface area contributed by atoms with Gasteiger partial charge in [0.25, 0.3) is 0 Å². The van der Waals surface area contributed by atoms with Crippen LogP contribution >= 0.6 is 0 Å². The number of piperazine rings is 1. The second-order valence-corrected chi connectivity index (χ2v) is 10.8. The van der Waals surface area contributed by atoms with Gasteiger partial charge < -0.3 is 20.4 Å². The van der Waals surface area contributed by atoms with Gasteiger partial charge >= 0.3 is 0 Å². The number of carbonyl (C=O) groups is 2. The Kier molecular flexibility index (Phi) is 13.4. The molecule has 0 radical (unpaired) electrons. The number of unbranched alkanes of at least 4 members (excludes halogenated alkanes) is 4. The van der Waals surface area contributed by atoms with Gasteiger partial charge in [-0.2, -0.15) is 0 Å². The molecule has 0 unspecified atom stereocenters. The maximum Gasteiger partial charge on any atom is 0.220 e. The highest BCUT2D eigenvalue weighted by Crippen LogP contribution is 2.09. The molecule has 0 saturated carbocycles. The van der Waals surface area contributed by atoms with Crippen LogP contribution in [0.15, 0.2) is 48.5 Å². The minimum Gasteiger partial charge on any atom is -0.352 e. The SMILES string of the molecule is Cc1ccc(CNC(=O)CCCCCN2CCN(CCCCCC(=O)NCc3ccc(C)cc3)CC2)cc1. The predicted molar refractivity (Wildman–Crippen MR) is 156 cm³/mol. The number of carbonyl (C=O) groups excluding carboxylic acids is 2. The molecule has 3 rings (SSSR count). The lowest BCUT2D eigenvalue weighted by Gasteiger charge is -2.34. The molecule has 0 bridgehead atoms. The molecule has 1 saturated heterocycles. The molecule has 1 aliphatic heterocycles. The molecule has 38 heavy (non-hydrogen) atoms. The molecule has 2 N–H and O–H groups in total. The van der Waals surface area contributed by atoms with Crippen LogP contribution in [0.1, 0.15) is 73.6 Å². The minimum atomic E-state index is 0.155. The fraction of sp³-hybridized carbons (Fsp3) is 0.562. The second kappa shape index (κ2) is 17.0. The lowest BCUT2D eigenvalue weighted by Crippen LogP contribution is -2.46.